The second-order valence-corrected chi connectivity index (χ2v) is 10.4. The van der Waals surface area contributed by atoms with Gasteiger partial charge in [-0.25, -0.2) is 0 Å². The smallest absolute Gasteiger partial charge is 0.163 e. The number of carbonyl (C=O) groups is 2. The van der Waals surface area contributed by atoms with E-state index in [0.29, 0.717) is 18.4 Å². The Morgan fingerprint density at radius 2 is 1.14 bits per heavy atom. The SMILES string of the molecule is Cl.Cl.O=C(CCCN1CCCCC1)c1ccc2c(c1)oc1ccc(C(=O)CCCN3CCCCC3)cc12. The predicted octanol–water partition coefficient (Wildman–Crippen LogP) is 7.33. The molecule has 0 N–H and O–H groups in total. The van der Waals surface area contributed by atoms with Gasteiger partial charge in [0.2, 0.25) is 0 Å². The summed E-state index contributed by atoms with van der Waals surface area (Å²) in [5.41, 5.74) is 2.94. The maximum Gasteiger partial charge on any atom is 0.163 e. The van der Waals surface area contributed by atoms with E-state index in [-0.39, 0.29) is 36.4 Å². The molecule has 3 heterocycles. The summed E-state index contributed by atoms with van der Waals surface area (Å²) < 4.78 is 6.06. The Hall–Kier alpha value is -1.92. The third kappa shape index (κ3) is 7.57. The van der Waals surface area contributed by atoms with Gasteiger partial charge in [-0.15, -0.1) is 24.8 Å². The summed E-state index contributed by atoms with van der Waals surface area (Å²) in [4.78, 5) is 30.6. The molecule has 2 aromatic carbocycles. The molecule has 0 atom stereocenters. The van der Waals surface area contributed by atoms with E-state index in [2.05, 4.69) is 9.80 Å². The number of piperidine rings is 2. The highest BCUT2D eigenvalue weighted by atomic mass is 35.5. The van der Waals surface area contributed by atoms with Crippen LogP contribution < -0.4 is 0 Å². The fourth-order valence-corrected chi connectivity index (χ4v) is 5.71. The number of ketones is 2. The van der Waals surface area contributed by atoms with E-state index in [1.807, 2.05) is 36.4 Å². The van der Waals surface area contributed by atoms with Crippen LogP contribution in [0, 0.1) is 0 Å². The van der Waals surface area contributed by atoms with Crippen LogP contribution in [-0.2, 0) is 0 Å². The molecule has 2 aliphatic rings. The number of furan rings is 1. The van der Waals surface area contributed by atoms with Crippen molar-refractivity contribution in [3.05, 3.63) is 47.5 Å². The zero-order valence-corrected chi connectivity index (χ0v) is 23.3. The molecule has 2 aliphatic heterocycles. The van der Waals surface area contributed by atoms with Crippen molar-refractivity contribution in [2.45, 2.75) is 64.2 Å². The molecule has 1 aromatic heterocycles. The second kappa shape index (κ2) is 14.3. The van der Waals surface area contributed by atoms with Crippen LogP contribution in [0.4, 0.5) is 0 Å². The molecule has 0 bridgehead atoms. The molecular formula is C30H40Cl2N2O3. The van der Waals surface area contributed by atoms with Crippen LogP contribution in [0.2, 0.25) is 0 Å². The van der Waals surface area contributed by atoms with Crippen molar-refractivity contribution < 1.29 is 14.0 Å². The number of benzene rings is 2. The van der Waals surface area contributed by atoms with E-state index in [1.54, 1.807) is 0 Å². The molecule has 0 amide bonds. The largest absolute Gasteiger partial charge is 0.456 e. The lowest BCUT2D eigenvalue weighted by Gasteiger charge is -2.26. The number of hydrogen-bond acceptors (Lipinski definition) is 5. The summed E-state index contributed by atoms with van der Waals surface area (Å²) >= 11 is 0. The first kappa shape index (κ1) is 29.6. The molecule has 7 heteroatoms. The van der Waals surface area contributed by atoms with Gasteiger partial charge in [0.25, 0.3) is 0 Å². The van der Waals surface area contributed by atoms with E-state index < -0.39 is 0 Å². The van der Waals surface area contributed by atoms with Crippen molar-refractivity contribution in [1.82, 2.24) is 9.80 Å². The molecule has 3 aromatic rings. The van der Waals surface area contributed by atoms with Crippen LogP contribution in [0.3, 0.4) is 0 Å². The first-order valence-corrected chi connectivity index (χ1v) is 13.6. The highest BCUT2D eigenvalue weighted by Gasteiger charge is 2.16. The minimum Gasteiger partial charge on any atom is -0.456 e. The minimum absolute atomic E-state index is 0. The summed E-state index contributed by atoms with van der Waals surface area (Å²) in [5.74, 6) is 0.368. The van der Waals surface area contributed by atoms with Gasteiger partial charge in [-0.05, 0) is 108 Å². The highest BCUT2D eigenvalue weighted by Crippen LogP contribution is 2.31. The summed E-state index contributed by atoms with van der Waals surface area (Å²) in [5, 5.41) is 1.92. The monoisotopic (exact) mass is 546 g/mol. The first-order chi connectivity index (χ1) is 17.2. The van der Waals surface area contributed by atoms with Crippen LogP contribution in [0.1, 0.15) is 84.9 Å². The number of Topliss-reactive ketones (excluding diaryl/α,β-unsaturated/α-hetero) is 2. The Morgan fingerprint density at radius 1 is 0.622 bits per heavy atom. The number of carbonyl (C=O) groups excluding carboxylic acids is 2. The Balaban J connectivity index is 0.00000190. The lowest BCUT2D eigenvalue weighted by molar-refractivity contribution is 0.0965. The van der Waals surface area contributed by atoms with Crippen molar-refractivity contribution in [3.63, 3.8) is 0 Å². The first-order valence-electron chi connectivity index (χ1n) is 13.6. The number of hydrogen-bond donors (Lipinski definition) is 0. The van der Waals surface area contributed by atoms with E-state index in [1.165, 1.54) is 64.7 Å². The number of nitrogens with zero attached hydrogens (tertiary/aromatic N) is 2. The van der Waals surface area contributed by atoms with Crippen molar-refractivity contribution in [3.8, 4) is 0 Å². The zero-order valence-electron chi connectivity index (χ0n) is 21.7. The normalized spacial score (nSPS) is 16.9. The van der Waals surface area contributed by atoms with Gasteiger partial charge < -0.3 is 14.2 Å². The number of fused-ring (bicyclic) bond motifs is 3. The van der Waals surface area contributed by atoms with Gasteiger partial charge in [0.05, 0.1) is 0 Å². The van der Waals surface area contributed by atoms with Crippen molar-refractivity contribution >= 4 is 58.3 Å². The van der Waals surface area contributed by atoms with Gasteiger partial charge in [-0.1, -0.05) is 18.9 Å². The van der Waals surface area contributed by atoms with Gasteiger partial charge in [-0.2, -0.15) is 0 Å². The molecule has 0 aliphatic carbocycles. The third-order valence-electron chi connectivity index (χ3n) is 7.77. The molecule has 5 rings (SSSR count). The van der Waals surface area contributed by atoms with E-state index in [9.17, 15) is 9.59 Å². The van der Waals surface area contributed by atoms with Crippen LogP contribution in [0.5, 0.6) is 0 Å². The van der Waals surface area contributed by atoms with Crippen molar-refractivity contribution in [2.75, 3.05) is 39.3 Å². The molecule has 2 fully saturated rings. The lowest BCUT2D eigenvalue weighted by Crippen LogP contribution is -2.30. The quantitative estimate of drug-likeness (QED) is 0.249. The Kier molecular flexibility index (Phi) is 11.4. The maximum absolute atomic E-state index is 12.8. The van der Waals surface area contributed by atoms with E-state index >= 15 is 0 Å². The summed E-state index contributed by atoms with van der Waals surface area (Å²) in [6, 6.07) is 11.5. The van der Waals surface area contributed by atoms with Crippen LogP contribution in [0.15, 0.2) is 40.8 Å². The molecule has 2 saturated heterocycles. The highest BCUT2D eigenvalue weighted by molar-refractivity contribution is 6.10. The van der Waals surface area contributed by atoms with Crippen LogP contribution in [-0.4, -0.2) is 60.6 Å². The Morgan fingerprint density at radius 3 is 1.70 bits per heavy atom. The van der Waals surface area contributed by atoms with Gasteiger partial charge in [0.1, 0.15) is 11.2 Å². The Bertz CT molecular complexity index is 1180. The van der Waals surface area contributed by atoms with Crippen LogP contribution in [0.25, 0.3) is 21.9 Å². The van der Waals surface area contributed by atoms with Crippen molar-refractivity contribution in [1.29, 1.82) is 0 Å². The molecule has 0 spiro atoms. The number of rotatable bonds is 10. The average molecular weight is 548 g/mol. The summed E-state index contributed by atoms with van der Waals surface area (Å²) in [6.07, 6.45) is 10.8. The van der Waals surface area contributed by atoms with Crippen LogP contribution >= 0.6 is 24.8 Å². The molecule has 37 heavy (non-hydrogen) atoms. The number of likely N-dealkylation sites (tertiary alicyclic amines) is 2. The molecule has 0 unspecified atom stereocenters. The maximum atomic E-state index is 12.8. The van der Waals surface area contributed by atoms with Gasteiger partial charge in [0.15, 0.2) is 11.6 Å². The third-order valence-corrected chi connectivity index (χ3v) is 7.77. The van der Waals surface area contributed by atoms with Gasteiger partial charge >= 0.3 is 0 Å². The predicted molar refractivity (Wildman–Crippen MR) is 156 cm³/mol. The standard InChI is InChI=1S/C30H38N2O3.2ClH/c33-27(9-7-19-31-15-3-1-4-16-31)23-12-14-29-26(21-23)25-13-11-24(22-30(25)35-29)28(34)10-8-20-32-17-5-2-6-18-32;;/h11-14,21-22H,1-10,15-20H2;2*1H. The minimum atomic E-state index is 0. The van der Waals surface area contributed by atoms with E-state index in [4.69, 9.17) is 4.42 Å². The fraction of sp³-hybridized carbons (Fsp3) is 0.533. The summed E-state index contributed by atoms with van der Waals surface area (Å²) in [7, 11) is 0. The zero-order chi connectivity index (χ0) is 24.0. The number of halogens is 2. The average Bonchev–Trinajstić information content (AvgIpc) is 3.27. The molecular weight excluding hydrogens is 507 g/mol. The van der Waals surface area contributed by atoms with Crippen molar-refractivity contribution in [2.24, 2.45) is 0 Å². The molecule has 0 saturated carbocycles. The molecule has 202 valence electrons. The summed E-state index contributed by atoms with van der Waals surface area (Å²) in [6.45, 7) is 6.70. The van der Waals surface area contributed by atoms with Gasteiger partial charge in [0, 0.05) is 34.7 Å². The lowest BCUT2D eigenvalue weighted by atomic mass is 10.0. The fourth-order valence-electron chi connectivity index (χ4n) is 5.71. The molecule has 5 nitrogen and oxygen atoms in total. The van der Waals surface area contributed by atoms with E-state index in [0.717, 1.165) is 53.4 Å². The molecule has 0 radical (unpaired) electrons. The second-order valence-electron chi connectivity index (χ2n) is 10.4. The Labute approximate surface area is 232 Å². The topological polar surface area (TPSA) is 53.8 Å². The van der Waals surface area contributed by atoms with Gasteiger partial charge in [-0.3, -0.25) is 9.59 Å².